The maximum atomic E-state index is 14.2. The fourth-order valence-corrected chi connectivity index (χ4v) is 2.25. The fraction of sp³-hybridized carbons (Fsp3) is 0.118. The van der Waals surface area contributed by atoms with E-state index in [2.05, 4.69) is 15.4 Å². The summed E-state index contributed by atoms with van der Waals surface area (Å²) in [4.78, 5) is 16.0. The van der Waals surface area contributed by atoms with Crippen LogP contribution in [0, 0.1) is 5.82 Å². The Hall–Kier alpha value is -3.06. The molecule has 0 bridgehead atoms. The van der Waals surface area contributed by atoms with E-state index in [9.17, 15) is 9.18 Å². The highest BCUT2D eigenvalue weighted by atomic mass is 19.1. The molecule has 3 aromatic rings. The van der Waals surface area contributed by atoms with Crippen LogP contribution in [-0.2, 0) is 6.42 Å². The van der Waals surface area contributed by atoms with E-state index in [0.29, 0.717) is 12.1 Å². The molecule has 0 atom stereocenters. The minimum atomic E-state index is -0.563. The van der Waals surface area contributed by atoms with E-state index >= 15 is 0 Å². The van der Waals surface area contributed by atoms with E-state index < -0.39 is 11.7 Å². The summed E-state index contributed by atoms with van der Waals surface area (Å²) in [6.45, 7) is 0.0725. The summed E-state index contributed by atoms with van der Waals surface area (Å²) in [6.07, 6.45) is 3.25. The Kier molecular flexibility index (Phi) is 4.62. The number of nitrogens with zero attached hydrogens (tertiary/aromatic N) is 3. The fourth-order valence-electron chi connectivity index (χ4n) is 2.25. The summed E-state index contributed by atoms with van der Waals surface area (Å²) in [5, 5.41) is 15.5. The van der Waals surface area contributed by atoms with Gasteiger partial charge in [0.15, 0.2) is 0 Å². The van der Waals surface area contributed by atoms with Crippen molar-refractivity contribution in [1.82, 2.24) is 14.8 Å². The number of aliphatic hydroxyl groups is 1. The van der Waals surface area contributed by atoms with Gasteiger partial charge in [-0.3, -0.25) is 4.79 Å². The van der Waals surface area contributed by atoms with Crippen LogP contribution in [0.2, 0.25) is 0 Å². The molecule has 1 heterocycles. The third-order valence-electron chi connectivity index (χ3n) is 3.49. The molecule has 0 unspecified atom stereocenters. The van der Waals surface area contributed by atoms with Crippen LogP contribution in [0.4, 0.5) is 10.1 Å². The largest absolute Gasteiger partial charge is 0.396 e. The lowest BCUT2D eigenvalue weighted by Gasteiger charge is -2.08. The van der Waals surface area contributed by atoms with Crippen molar-refractivity contribution < 1.29 is 14.3 Å². The Morgan fingerprint density at radius 2 is 2.00 bits per heavy atom. The summed E-state index contributed by atoms with van der Waals surface area (Å²) < 4.78 is 15.4. The first kappa shape index (κ1) is 15.8. The van der Waals surface area contributed by atoms with Gasteiger partial charge in [-0.2, -0.15) is 5.10 Å². The Morgan fingerprint density at radius 1 is 1.21 bits per heavy atom. The number of aliphatic hydroxyl groups excluding tert-OH is 1. The standard InChI is InChI=1S/C17H15FN4O2/c18-15-9-13(3-6-16(15)22-11-19-10-20-22)17(24)21-14-4-1-12(2-5-14)7-8-23/h1-6,9-11,23H,7-8H2,(H,21,24). The number of halogens is 1. The molecule has 2 aromatic carbocycles. The highest BCUT2D eigenvalue weighted by Crippen LogP contribution is 2.16. The summed E-state index contributed by atoms with van der Waals surface area (Å²) in [6, 6.07) is 11.3. The van der Waals surface area contributed by atoms with Crippen molar-refractivity contribution in [2.45, 2.75) is 6.42 Å². The molecule has 0 fully saturated rings. The maximum absolute atomic E-state index is 14.2. The van der Waals surface area contributed by atoms with Crippen LogP contribution in [0.15, 0.2) is 55.1 Å². The Bertz CT molecular complexity index is 832. The quantitative estimate of drug-likeness (QED) is 0.753. The molecule has 122 valence electrons. The Labute approximate surface area is 137 Å². The van der Waals surface area contributed by atoms with Crippen LogP contribution in [-0.4, -0.2) is 32.4 Å². The number of carbonyl (C=O) groups is 1. The number of hydrogen-bond acceptors (Lipinski definition) is 4. The molecule has 0 saturated carbocycles. The Balaban J connectivity index is 1.74. The van der Waals surface area contributed by atoms with E-state index in [1.165, 1.54) is 29.5 Å². The van der Waals surface area contributed by atoms with Crippen molar-refractivity contribution in [3.8, 4) is 5.69 Å². The number of hydrogen-bond donors (Lipinski definition) is 2. The molecule has 24 heavy (non-hydrogen) atoms. The molecular weight excluding hydrogens is 311 g/mol. The van der Waals surface area contributed by atoms with Gasteiger partial charge in [0.05, 0.1) is 0 Å². The molecule has 0 aliphatic heterocycles. The molecule has 0 saturated heterocycles. The average molecular weight is 326 g/mol. The number of rotatable bonds is 5. The first-order valence-electron chi connectivity index (χ1n) is 7.33. The highest BCUT2D eigenvalue weighted by molar-refractivity contribution is 6.04. The summed E-state index contributed by atoms with van der Waals surface area (Å²) in [7, 11) is 0. The monoisotopic (exact) mass is 326 g/mol. The molecule has 0 aliphatic carbocycles. The van der Waals surface area contributed by atoms with Gasteiger partial charge in [0.1, 0.15) is 24.2 Å². The molecular formula is C17H15FN4O2. The van der Waals surface area contributed by atoms with Crippen molar-refractivity contribution in [2.24, 2.45) is 0 Å². The number of carbonyl (C=O) groups excluding carboxylic acids is 1. The normalized spacial score (nSPS) is 10.6. The van der Waals surface area contributed by atoms with Crippen LogP contribution in [0.3, 0.4) is 0 Å². The van der Waals surface area contributed by atoms with Crippen molar-refractivity contribution in [2.75, 3.05) is 11.9 Å². The Morgan fingerprint density at radius 3 is 2.62 bits per heavy atom. The van der Waals surface area contributed by atoms with Gasteiger partial charge in [-0.25, -0.2) is 14.1 Å². The summed E-state index contributed by atoms with van der Waals surface area (Å²) >= 11 is 0. The van der Waals surface area contributed by atoms with Crippen molar-refractivity contribution in [3.63, 3.8) is 0 Å². The number of amides is 1. The van der Waals surface area contributed by atoms with Crippen LogP contribution in [0.25, 0.3) is 5.69 Å². The molecule has 0 spiro atoms. The van der Waals surface area contributed by atoms with Crippen LogP contribution in [0.5, 0.6) is 0 Å². The predicted molar refractivity (Wildman–Crippen MR) is 86.5 cm³/mol. The minimum Gasteiger partial charge on any atom is -0.396 e. The molecule has 2 N–H and O–H groups in total. The van der Waals surface area contributed by atoms with Gasteiger partial charge in [-0.15, -0.1) is 0 Å². The van der Waals surface area contributed by atoms with Gasteiger partial charge in [-0.05, 0) is 42.3 Å². The molecule has 3 rings (SSSR count). The second-order valence-electron chi connectivity index (χ2n) is 5.13. The molecule has 7 heteroatoms. The first-order chi connectivity index (χ1) is 11.7. The van der Waals surface area contributed by atoms with Crippen molar-refractivity contribution in [1.29, 1.82) is 0 Å². The minimum absolute atomic E-state index is 0.0725. The molecule has 0 radical (unpaired) electrons. The predicted octanol–water partition coefficient (Wildman–Crippen LogP) is 2.19. The van der Waals surface area contributed by atoms with Gasteiger partial charge in [0, 0.05) is 17.9 Å². The zero-order chi connectivity index (χ0) is 16.9. The van der Waals surface area contributed by atoms with Gasteiger partial charge < -0.3 is 10.4 Å². The number of anilines is 1. The topological polar surface area (TPSA) is 80.0 Å². The lowest BCUT2D eigenvalue weighted by molar-refractivity contribution is 0.102. The number of benzene rings is 2. The second-order valence-corrected chi connectivity index (χ2v) is 5.13. The second kappa shape index (κ2) is 7.01. The van der Waals surface area contributed by atoms with E-state index in [1.807, 2.05) is 12.1 Å². The smallest absolute Gasteiger partial charge is 0.255 e. The van der Waals surface area contributed by atoms with Gasteiger partial charge in [0.25, 0.3) is 5.91 Å². The van der Waals surface area contributed by atoms with Crippen LogP contribution >= 0.6 is 0 Å². The van der Waals surface area contributed by atoms with Crippen LogP contribution in [0.1, 0.15) is 15.9 Å². The van der Waals surface area contributed by atoms with E-state index in [0.717, 1.165) is 11.6 Å². The van der Waals surface area contributed by atoms with E-state index in [-0.39, 0.29) is 17.9 Å². The number of nitrogens with one attached hydrogen (secondary N) is 1. The summed E-state index contributed by atoms with van der Waals surface area (Å²) in [5.74, 6) is -0.972. The molecule has 1 amide bonds. The number of aromatic nitrogens is 3. The third kappa shape index (κ3) is 3.47. The first-order valence-corrected chi connectivity index (χ1v) is 7.33. The van der Waals surface area contributed by atoms with Gasteiger partial charge in [0.2, 0.25) is 0 Å². The van der Waals surface area contributed by atoms with E-state index in [4.69, 9.17) is 5.11 Å². The summed E-state index contributed by atoms with van der Waals surface area (Å²) in [5.41, 5.74) is 1.99. The van der Waals surface area contributed by atoms with Crippen LogP contribution < -0.4 is 5.32 Å². The SMILES string of the molecule is O=C(Nc1ccc(CCO)cc1)c1ccc(-n2cncn2)c(F)c1. The maximum Gasteiger partial charge on any atom is 0.255 e. The zero-order valence-electron chi connectivity index (χ0n) is 12.7. The molecule has 6 nitrogen and oxygen atoms in total. The van der Waals surface area contributed by atoms with E-state index in [1.54, 1.807) is 12.1 Å². The lowest BCUT2D eigenvalue weighted by Crippen LogP contribution is -2.13. The lowest BCUT2D eigenvalue weighted by atomic mass is 10.1. The van der Waals surface area contributed by atoms with Gasteiger partial charge in [-0.1, -0.05) is 12.1 Å². The molecule has 0 aliphatic rings. The molecule has 1 aromatic heterocycles. The highest BCUT2D eigenvalue weighted by Gasteiger charge is 2.11. The van der Waals surface area contributed by atoms with Gasteiger partial charge >= 0.3 is 0 Å². The van der Waals surface area contributed by atoms with Crippen molar-refractivity contribution in [3.05, 3.63) is 72.1 Å². The average Bonchev–Trinajstić information content (AvgIpc) is 3.11. The van der Waals surface area contributed by atoms with Crippen molar-refractivity contribution >= 4 is 11.6 Å². The zero-order valence-corrected chi connectivity index (χ0v) is 12.7. The third-order valence-corrected chi connectivity index (χ3v) is 3.49.